The summed E-state index contributed by atoms with van der Waals surface area (Å²) in [6.45, 7) is 4.70. The van der Waals surface area contributed by atoms with E-state index in [0.717, 1.165) is 24.3 Å². The number of hydrogen-bond acceptors (Lipinski definition) is 5. The van der Waals surface area contributed by atoms with Crippen LogP contribution in [0.5, 0.6) is 11.5 Å². The molecule has 2 heterocycles. The second kappa shape index (κ2) is 10.5. The van der Waals surface area contributed by atoms with E-state index in [4.69, 9.17) is 13.9 Å². The van der Waals surface area contributed by atoms with Crippen molar-refractivity contribution in [2.75, 3.05) is 5.32 Å². The van der Waals surface area contributed by atoms with Crippen LogP contribution in [-0.4, -0.2) is 15.7 Å². The van der Waals surface area contributed by atoms with Crippen molar-refractivity contribution in [3.63, 3.8) is 0 Å². The molecule has 0 aliphatic rings. The van der Waals surface area contributed by atoms with E-state index >= 15 is 0 Å². The third-order valence-electron chi connectivity index (χ3n) is 5.18. The number of carbonyl (C=O) groups excluding carboxylic acids is 1. The number of nitrogens with one attached hydrogen (secondary N) is 1. The van der Waals surface area contributed by atoms with E-state index in [1.165, 1.54) is 11.1 Å². The molecule has 1 amide bonds. The van der Waals surface area contributed by atoms with Gasteiger partial charge in [-0.2, -0.15) is 5.10 Å². The summed E-state index contributed by atoms with van der Waals surface area (Å²) >= 11 is 0. The second-order valence-corrected chi connectivity index (χ2v) is 7.55. The van der Waals surface area contributed by atoms with Gasteiger partial charge >= 0.3 is 0 Å². The van der Waals surface area contributed by atoms with Gasteiger partial charge in [0.25, 0.3) is 5.91 Å². The summed E-state index contributed by atoms with van der Waals surface area (Å²) < 4.78 is 18.7. The van der Waals surface area contributed by atoms with E-state index in [1.54, 1.807) is 29.2 Å². The standard InChI is InChI=1S/C26H27N3O4/c1-3-19-5-9-22(10-6-19)31-17-24-13-14-25(33-24)26(30)28-21-15-27-29(16-21)18-32-23-11-7-20(4-2)8-12-23/h5-16H,3-4,17-18H2,1-2H3,(H,28,30). The molecule has 0 aliphatic heterocycles. The Bertz CT molecular complexity index is 1180. The van der Waals surface area contributed by atoms with Gasteiger partial charge in [0.05, 0.1) is 18.1 Å². The summed E-state index contributed by atoms with van der Waals surface area (Å²) in [5.41, 5.74) is 3.06. The van der Waals surface area contributed by atoms with Crippen LogP contribution in [0, 0.1) is 0 Å². The number of ether oxygens (including phenoxy) is 2. The molecular formula is C26H27N3O4. The maximum Gasteiger partial charge on any atom is 0.291 e. The lowest BCUT2D eigenvalue weighted by Crippen LogP contribution is -2.10. The molecule has 0 fully saturated rings. The Morgan fingerprint density at radius 3 is 2.18 bits per heavy atom. The molecule has 0 radical (unpaired) electrons. The summed E-state index contributed by atoms with van der Waals surface area (Å²) in [4.78, 5) is 12.5. The molecular weight excluding hydrogens is 418 g/mol. The van der Waals surface area contributed by atoms with Crippen LogP contribution in [0.1, 0.15) is 41.3 Å². The van der Waals surface area contributed by atoms with E-state index in [2.05, 4.69) is 24.3 Å². The second-order valence-electron chi connectivity index (χ2n) is 7.55. The van der Waals surface area contributed by atoms with Gasteiger partial charge in [0.15, 0.2) is 12.5 Å². The predicted molar refractivity (Wildman–Crippen MR) is 125 cm³/mol. The van der Waals surface area contributed by atoms with Crippen molar-refractivity contribution >= 4 is 11.6 Å². The minimum atomic E-state index is -0.357. The lowest BCUT2D eigenvalue weighted by atomic mass is 10.2. The molecule has 2 aromatic carbocycles. The summed E-state index contributed by atoms with van der Waals surface area (Å²) in [6.07, 6.45) is 5.23. The molecule has 0 spiro atoms. The molecule has 2 aromatic heterocycles. The molecule has 7 nitrogen and oxygen atoms in total. The van der Waals surface area contributed by atoms with Gasteiger partial charge < -0.3 is 19.2 Å². The van der Waals surface area contributed by atoms with Crippen molar-refractivity contribution in [2.45, 2.75) is 40.0 Å². The quantitative estimate of drug-likeness (QED) is 0.350. The molecule has 4 aromatic rings. The van der Waals surface area contributed by atoms with E-state index in [0.29, 0.717) is 11.4 Å². The average molecular weight is 446 g/mol. The number of aryl methyl sites for hydroxylation is 2. The van der Waals surface area contributed by atoms with Crippen LogP contribution in [0.15, 0.2) is 77.5 Å². The first-order chi connectivity index (χ1) is 16.1. The van der Waals surface area contributed by atoms with Crippen molar-refractivity contribution in [1.82, 2.24) is 9.78 Å². The molecule has 1 N–H and O–H groups in total. The van der Waals surface area contributed by atoms with Gasteiger partial charge in [0.2, 0.25) is 0 Å². The van der Waals surface area contributed by atoms with Crippen LogP contribution >= 0.6 is 0 Å². The number of anilines is 1. The van der Waals surface area contributed by atoms with E-state index in [9.17, 15) is 4.79 Å². The number of rotatable bonds is 10. The molecule has 0 unspecified atom stereocenters. The average Bonchev–Trinajstić information content (AvgIpc) is 3.52. The van der Waals surface area contributed by atoms with Crippen LogP contribution in [0.4, 0.5) is 5.69 Å². The van der Waals surface area contributed by atoms with Crippen LogP contribution < -0.4 is 14.8 Å². The number of amides is 1. The first-order valence-electron chi connectivity index (χ1n) is 11.0. The Kier molecular flexibility index (Phi) is 7.09. The molecule has 0 saturated heterocycles. The van der Waals surface area contributed by atoms with Crippen LogP contribution in [0.3, 0.4) is 0 Å². The summed E-state index contributed by atoms with van der Waals surface area (Å²) in [5.74, 6) is 1.93. The molecule has 33 heavy (non-hydrogen) atoms. The van der Waals surface area contributed by atoms with Gasteiger partial charge in [-0.25, -0.2) is 4.68 Å². The van der Waals surface area contributed by atoms with Gasteiger partial charge in [-0.1, -0.05) is 38.1 Å². The summed E-state index contributed by atoms with van der Waals surface area (Å²) in [6, 6.07) is 19.2. The Balaban J connectivity index is 1.27. The molecule has 170 valence electrons. The molecule has 0 saturated carbocycles. The zero-order valence-electron chi connectivity index (χ0n) is 18.8. The van der Waals surface area contributed by atoms with Crippen LogP contribution in [0.2, 0.25) is 0 Å². The largest absolute Gasteiger partial charge is 0.486 e. The van der Waals surface area contributed by atoms with E-state index < -0.39 is 0 Å². The lowest BCUT2D eigenvalue weighted by Gasteiger charge is -2.06. The van der Waals surface area contributed by atoms with E-state index in [1.807, 2.05) is 48.5 Å². The first kappa shape index (κ1) is 22.2. The maximum atomic E-state index is 12.5. The zero-order valence-corrected chi connectivity index (χ0v) is 18.8. The summed E-state index contributed by atoms with van der Waals surface area (Å²) in [5, 5.41) is 7.00. The Morgan fingerprint density at radius 2 is 1.55 bits per heavy atom. The molecule has 0 aliphatic carbocycles. The predicted octanol–water partition coefficient (Wildman–Crippen LogP) is 5.47. The molecule has 4 rings (SSSR count). The third-order valence-corrected chi connectivity index (χ3v) is 5.18. The topological polar surface area (TPSA) is 78.5 Å². The van der Waals surface area contributed by atoms with Gasteiger partial charge in [-0.15, -0.1) is 0 Å². The fraction of sp³-hybridized carbons (Fsp3) is 0.231. The fourth-order valence-electron chi connectivity index (χ4n) is 3.21. The van der Waals surface area contributed by atoms with Gasteiger partial charge in [0.1, 0.15) is 23.9 Å². The van der Waals surface area contributed by atoms with Gasteiger partial charge in [-0.05, 0) is 60.4 Å². The highest BCUT2D eigenvalue weighted by molar-refractivity contribution is 6.02. The van der Waals surface area contributed by atoms with Crippen molar-refractivity contribution in [2.24, 2.45) is 0 Å². The van der Waals surface area contributed by atoms with Crippen molar-refractivity contribution in [3.05, 3.63) is 95.7 Å². The number of benzene rings is 2. The van der Waals surface area contributed by atoms with Crippen LogP contribution in [0.25, 0.3) is 0 Å². The fourth-order valence-corrected chi connectivity index (χ4v) is 3.21. The number of aromatic nitrogens is 2. The number of hydrogen-bond donors (Lipinski definition) is 1. The van der Waals surface area contributed by atoms with Crippen molar-refractivity contribution < 1.29 is 18.7 Å². The molecule has 7 heteroatoms. The minimum absolute atomic E-state index is 0.204. The monoisotopic (exact) mass is 445 g/mol. The molecule has 0 atom stereocenters. The maximum absolute atomic E-state index is 12.5. The normalized spacial score (nSPS) is 10.7. The summed E-state index contributed by atoms with van der Waals surface area (Å²) in [7, 11) is 0. The van der Waals surface area contributed by atoms with Gasteiger partial charge in [-0.3, -0.25) is 4.79 Å². The lowest BCUT2D eigenvalue weighted by molar-refractivity contribution is 0.0992. The number of carbonyl (C=O) groups is 1. The smallest absolute Gasteiger partial charge is 0.291 e. The number of nitrogens with zero attached hydrogens (tertiary/aromatic N) is 2. The minimum Gasteiger partial charge on any atom is -0.486 e. The highest BCUT2D eigenvalue weighted by Crippen LogP contribution is 2.17. The molecule has 0 bridgehead atoms. The Hall–Kier alpha value is -4.00. The van der Waals surface area contributed by atoms with Crippen LogP contribution in [-0.2, 0) is 26.2 Å². The first-order valence-corrected chi connectivity index (χ1v) is 11.0. The van der Waals surface area contributed by atoms with Crippen molar-refractivity contribution in [3.8, 4) is 11.5 Å². The zero-order chi connectivity index (χ0) is 23.0. The van der Waals surface area contributed by atoms with E-state index in [-0.39, 0.29) is 25.0 Å². The highest BCUT2D eigenvalue weighted by atomic mass is 16.5. The Morgan fingerprint density at radius 1 is 0.909 bits per heavy atom. The SMILES string of the molecule is CCc1ccc(OCc2ccc(C(=O)Nc3cnn(COc4ccc(CC)cc4)c3)o2)cc1. The number of furan rings is 1. The highest BCUT2D eigenvalue weighted by Gasteiger charge is 2.13. The Labute approximate surface area is 192 Å². The van der Waals surface area contributed by atoms with Gasteiger partial charge in [0, 0.05) is 0 Å². The van der Waals surface area contributed by atoms with Crippen molar-refractivity contribution in [1.29, 1.82) is 0 Å². The third kappa shape index (κ3) is 6.04.